The van der Waals surface area contributed by atoms with Crippen LogP contribution in [0.5, 0.6) is 0 Å². The van der Waals surface area contributed by atoms with Crippen molar-refractivity contribution in [1.29, 1.82) is 0 Å². The van der Waals surface area contributed by atoms with E-state index in [0.717, 1.165) is 11.1 Å². The van der Waals surface area contributed by atoms with E-state index in [4.69, 9.17) is 0 Å². The molecule has 27 heavy (non-hydrogen) atoms. The Kier molecular flexibility index (Phi) is 5.06. The highest BCUT2D eigenvalue weighted by Crippen LogP contribution is 2.48. The summed E-state index contributed by atoms with van der Waals surface area (Å²) in [5.41, 5.74) is 4.66. The summed E-state index contributed by atoms with van der Waals surface area (Å²) in [5, 5.41) is 0. The van der Waals surface area contributed by atoms with E-state index in [1.807, 2.05) is 24.3 Å². The third kappa shape index (κ3) is 3.24. The summed E-state index contributed by atoms with van der Waals surface area (Å²) >= 11 is 0. The topological polar surface area (TPSA) is 34.1 Å². The smallest absolute Gasteiger partial charge is 0.206 e. The monoisotopic (exact) mass is 443 g/mol. The molecular formula is C22H22BrNO2S. The Morgan fingerprint density at radius 2 is 1.30 bits per heavy atom. The molecule has 1 unspecified atom stereocenters. The molecule has 3 aromatic rings. The number of benzene rings is 3. The fourth-order valence-electron chi connectivity index (χ4n) is 3.90. The van der Waals surface area contributed by atoms with Gasteiger partial charge in [-0.2, -0.15) is 0 Å². The van der Waals surface area contributed by atoms with Gasteiger partial charge in [0.05, 0.1) is 30.9 Å². The van der Waals surface area contributed by atoms with E-state index >= 15 is 0 Å². The average Bonchev–Trinajstić information content (AvgIpc) is 2.96. The molecule has 0 fully saturated rings. The minimum Gasteiger partial charge on any atom is -1.00 e. The molecule has 0 N–H and O–H groups in total. The minimum atomic E-state index is -3.52. The van der Waals surface area contributed by atoms with Crippen LogP contribution in [0.25, 0.3) is 11.1 Å². The van der Waals surface area contributed by atoms with Gasteiger partial charge in [-0.15, -0.1) is 0 Å². The van der Waals surface area contributed by atoms with E-state index in [-0.39, 0.29) is 23.0 Å². The molecule has 140 valence electrons. The largest absolute Gasteiger partial charge is 1.00 e. The molecule has 0 radical (unpaired) electrons. The van der Waals surface area contributed by atoms with Gasteiger partial charge in [0.25, 0.3) is 0 Å². The van der Waals surface area contributed by atoms with Gasteiger partial charge < -0.3 is 21.5 Å². The van der Waals surface area contributed by atoms with Gasteiger partial charge in [-0.1, -0.05) is 48.5 Å². The quantitative estimate of drug-likeness (QED) is 0.571. The fourth-order valence-corrected chi connectivity index (χ4v) is 5.21. The first-order valence-electron chi connectivity index (χ1n) is 8.64. The molecule has 0 bridgehead atoms. The van der Waals surface area contributed by atoms with Crippen LogP contribution in [-0.2, 0) is 9.84 Å². The van der Waals surface area contributed by atoms with Crippen molar-refractivity contribution >= 4 is 9.84 Å². The maximum absolute atomic E-state index is 13.1. The summed E-state index contributed by atoms with van der Waals surface area (Å²) in [4.78, 5) is 0.686. The van der Waals surface area contributed by atoms with Gasteiger partial charge >= 0.3 is 0 Å². The van der Waals surface area contributed by atoms with Gasteiger partial charge in [0.15, 0.2) is 0 Å². The van der Waals surface area contributed by atoms with Crippen LogP contribution < -0.4 is 17.0 Å². The first-order chi connectivity index (χ1) is 12.3. The molecule has 3 nitrogen and oxygen atoms in total. The molecular weight excluding hydrogens is 422 g/mol. The highest BCUT2D eigenvalue weighted by atomic mass is 79.9. The second-order valence-electron chi connectivity index (χ2n) is 7.67. The van der Waals surface area contributed by atoms with Gasteiger partial charge in [0.2, 0.25) is 9.84 Å². The highest BCUT2D eigenvalue weighted by molar-refractivity contribution is 7.91. The van der Waals surface area contributed by atoms with Gasteiger partial charge in [-0.25, -0.2) is 8.42 Å². The Bertz CT molecular complexity index is 1090. The second-order valence-corrected chi connectivity index (χ2v) is 9.62. The number of fused-ring (bicyclic) bond motifs is 3. The van der Waals surface area contributed by atoms with Crippen molar-refractivity contribution < 1.29 is 29.9 Å². The second kappa shape index (κ2) is 6.89. The predicted molar refractivity (Wildman–Crippen MR) is 104 cm³/mol. The summed E-state index contributed by atoms with van der Waals surface area (Å²) in [6.07, 6.45) is 0. The maximum atomic E-state index is 13.1. The lowest BCUT2D eigenvalue weighted by Crippen LogP contribution is -3.00. The molecule has 0 aliphatic heterocycles. The first kappa shape index (κ1) is 19.8. The van der Waals surface area contributed by atoms with Crippen molar-refractivity contribution in [2.45, 2.75) is 15.8 Å². The molecule has 1 aliphatic rings. The number of halogens is 1. The van der Waals surface area contributed by atoms with Crippen molar-refractivity contribution in [3.05, 3.63) is 83.9 Å². The van der Waals surface area contributed by atoms with Crippen LogP contribution in [-0.4, -0.2) is 34.0 Å². The van der Waals surface area contributed by atoms with E-state index in [1.54, 1.807) is 30.3 Å². The number of hydrogen-bond acceptors (Lipinski definition) is 2. The van der Waals surface area contributed by atoms with Crippen LogP contribution in [0, 0.1) is 0 Å². The van der Waals surface area contributed by atoms with E-state index in [0.29, 0.717) is 14.3 Å². The van der Waals surface area contributed by atoms with Crippen LogP contribution >= 0.6 is 0 Å². The molecule has 0 spiro atoms. The van der Waals surface area contributed by atoms with Crippen molar-refractivity contribution in [3.8, 4) is 11.1 Å². The van der Waals surface area contributed by atoms with Crippen LogP contribution in [0.1, 0.15) is 17.2 Å². The van der Waals surface area contributed by atoms with E-state index in [9.17, 15) is 8.42 Å². The SMILES string of the molecule is C[N+](C)(C)C1c2ccccc2-c2ccc(S(=O)(=O)c3ccccc3)cc21.[Br-]. The molecule has 0 amide bonds. The molecule has 0 aromatic heterocycles. The van der Waals surface area contributed by atoms with Crippen molar-refractivity contribution in [2.24, 2.45) is 0 Å². The standard InChI is InChI=1S/C22H22NO2S.BrH/c1-23(2,3)22-20-12-8-7-11-18(20)19-14-13-17(15-21(19)22)26(24,25)16-9-5-4-6-10-16;/h4-15,22H,1-3H3;1H/q+1;/p-1. The average molecular weight is 444 g/mol. The van der Waals surface area contributed by atoms with Crippen LogP contribution in [0.4, 0.5) is 0 Å². The third-order valence-electron chi connectivity index (χ3n) is 5.00. The van der Waals surface area contributed by atoms with Crippen LogP contribution in [0.15, 0.2) is 82.6 Å². The van der Waals surface area contributed by atoms with Gasteiger partial charge in [-0.05, 0) is 35.4 Å². The Labute approximate surface area is 171 Å². The fraction of sp³-hybridized carbons (Fsp3) is 0.182. The zero-order chi connectivity index (χ0) is 18.5. The predicted octanol–water partition coefficient (Wildman–Crippen LogP) is 1.30. The number of nitrogens with zero attached hydrogens (tertiary/aromatic N) is 1. The van der Waals surface area contributed by atoms with Gasteiger partial charge in [0, 0.05) is 11.1 Å². The number of hydrogen-bond donors (Lipinski definition) is 0. The number of sulfone groups is 1. The van der Waals surface area contributed by atoms with Crippen LogP contribution in [0.3, 0.4) is 0 Å². The maximum Gasteiger partial charge on any atom is 0.206 e. The molecule has 0 saturated carbocycles. The van der Waals surface area contributed by atoms with Crippen LogP contribution in [0.2, 0.25) is 0 Å². The Balaban J connectivity index is 0.00000210. The number of quaternary nitrogens is 1. The third-order valence-corrected chi connectivity index (χ3v) is 6.77. The summed E-state index contributed by atoms with van der Waals surface area (Å²) in [5.74, 6) is 0. The molecule has 3 aromatic carbocycles. The lowest BCUT2D eigenvalue weighted by molar-refractivity contribution is -0.895. The van der Waals surface area contributed by atoms with E-state index < -0.39 is 9.84 Å². The molecule has 1 aliphatic carbocycles. The van der Waals surface area contributed by atoms with E-state index in [1.165, 1.54) is 11.1 Å². The lowest BCUT2D eigenvalue weighted by Gasteiger charge is -2.33. The molecule has 5 heteroatoms. The van der Waals surface area contributed by atoms with Gasteiger partial charge in [0.1, 0.15) is 6.04 Å². The van der Waals surface area contributed by atoms with Gasteiger partial charge in [-0.3, -0.25) is 0 Å². The van der Waals surface area contributed by atoms with Crippen molar-refractivity contribution in [1.82, 2.24) is 0 Å². The number of rotatable bonds is 3. The highest BCUT2D eigenvalue weighted by Gasteiger charge is 2.38. The van der Waals surface area contributed by atoms with Crippen molar-refractivity contribution in [3.63, 3.8) is 0 Å². The minimum absolute atomic E-state index is 0. The molecule has 4 rings (SSSR count). The summed E-state index contributed by atoms with van der Waals surface area (Å²) < 4.78 is 26.8. The summed E-state index contributed by atoms with van der Waals surface area (Å²) in [7, 11) is 2.92. The molecule has 0 saturated heterocycles. The Morgan fingerprint density at radius 3 is 1.96 bits per heavy atom. The summed E-state index contributed by atoms with van der Waals surface area (Å²) in [6, 6.07) is 22.7. The first-order valence-corrected chi connectivity index (χ1v) is 10.1. The normalized spacial score (nSPS) is 15.6. The zero-order valence-corrected chi connectivity index (χ0v) is 18.0. The summed E-state index contributed by atoms with van der Waals surface area (Å²) in [6.45, 7) is 0. The lowest BCUT2D eigenvalue weighted by atomic mass is 10.0. The van der Waals surface area contributed by atoms with Crippen molar-refractivity contribution in [2.75, 3.05) is 21.1 Å². The Hall–Kier alpha value is -1.95. The molecule has 0 heterocycles. The van der Waals surface area contributed by atoms with E-state index in [2.05, 4.69) is 39.3 Å². The molecule has 1 atom stereocenters. The zero-order valence-electron chi connectivity index (χ0n) is 15.6. The Morgan fingerprint density at radius 1 is 0.704 bits per heavy atom.